The van der Waals surface area contributed by atoms with Crippen molar-refractivity contribution in [2.45, 2.75) is 12.8 Å². The first-order valence-corrected chi connectivity index (χ1v) is 9.20. The van der Waals surface area contributed by atoms with Crippen LogP contribution < -0.4 is 10.2 Å². The summed E-state index contributed by atoms with van der Waals surface area (Å²) in [6.45, 7) is -0.00860. The molecule has 0 aromatic heterocycles. The number of nitrogens with one attached hydrogen (secondary N) is 1. The van der Waals surface area contributed by atoms with Gasteiger partial charge < -0.3 is 10.2 Å². The standard InChI is InChI=1S/C20H16N4O6/c25-17(21-15-4-1-2-5-16(15)22-9-3-6-18(22)26)11-23-19(27)13-8-7-12(24(29)30)10-14(13)20(23)28/h1-2,4-5,7-8,10H,3,6,9,11H2,(H,21,25). The van der Waals surface area contributed by atoms with E-state index in [4.69, 9.17) is 0 Å². The average Bonchev–Trinajstić information content (AvgIpc) is 3.25. The maximum atomic E-state index is 12.6. The van der Waals surface area contributed by atoms with Crippen LogP contribution in [0.25, 0.3) is 0 Å². The number of carbonyl (C=O) groups excluding carboxylic acids is 4. The van der Waals surface area contributed by atoms with Crippen LogP contribution in [0.1, 0.15) is 33.6 Å². The second-order valence-corrected chi connectivity index (χ2v) is 6.90. The van der Waals surface area contributed by atoms with Crippen molar-refractivity contribution in [1.82, 2.24) is 4.90 Å². The average molecular weight is 408 g/mol. The predicted molar refractivity (Wildman–Crippen MR) is 105 cm³/mol. The molecule has 30 heavy (non-hydrogen) atoms. The number of anilines is 2. The third-order valence-corrected chi connectivity index (χ3v) is 5.01. The van der Waals surface area contributed by atoms with E-state index in [0.29, 0.717) is 24.3 Å². The number of imide groups is 1. The summed E-state index contributed by atoms with van der Waals surface area (Å²) in [4.78, 5) is 62.2. The molecule has 1 saturated heterocycles. The Balaban J connectivity index is 1.52. The molecule has 4 amide bonds. The highest BCUT2D eigenvalue weighted by molar-refractivity contribution is 6.23. The number of benzene rings is 2. The number of amides is 4. The van der Waals surface area contributed by atoms with E-state index >= 15 is 0 Å². The van der Waals surface area contributed by atoms with Crippen LogP contribution in [0.2, 0.25) is 0 Å². The molecule has 2 aromatic carbocycles. The van der Waals surface area contributed by atoms with Crippen molar-refractivity contribution in [2.24, 2.45) is 0 Å². The number of hydrogen-bond donors (Lipinski definition) is 1. The molecule has 10 nitrogen and oxygen atoms in total. The number of fused-ring (bicyclic) bond motifs is 1. The molecule has 2 aromatic rings. The molecular weight excluding hydrogens is 392 g/mol. The monoisotopic (exact) mass is 408 g/mol. The minimum Gasteiger partial charge on any atom is -0.323 e. The predicted octanol–water partition coefficient (Wildman–Crippen LogP) is 1.96. The first-order chi connectivity index (χ1) is 14.4. The van der Waals surface area contributed by atoms with Gasteiger partial charge in [0.15, 0.2) is 0 Å². The number of hydrogen-bond acceptors (Lipinski definition) is 6. The summed E-state index contributed by atoms with van der Waals surface area (Å²) in [5.41, 5.74) is 0.535. The lowest BCUT2D eigenvalue weighted by Crippen LogP contribution is -2.37. The van der Waals surface area contributed by atoms with Crippen LogP contribution in [0, 0.1) is 10.1 Å². The van der Waals surface area contributed by atoms with Gasteiger partial charge in [0.05, 0.1) is 27.4 Å². The Hall–Kier alpha value is -4.08. The molecule has 1 N–H and O–H groups in total. The Bertz CT molecular complexity index is 1110. The fraction of sp³-hybridized carbons (Fsp3) is 0.200. The molecule has 0 radical (unpaired) electrons. The second kappa shape index (κ2) is 7.39. The van der Waals surface area contributed by atoms with Gasteiger partial charge in [-0.2, -0.15) is 0 Å². The van der Waals surface area contributed by atoms with E-state index in [-0.39, 0.29) is 22.7 Å². The number of nitro groups is 1. The number of nitrogens with zero attached hydrogens (tertiary/aromatic N) is 3. The molecular formula is C20H16N4O6. The fourth-order valence-electron chi connectivity index (χ4n) is 3.59. The number of non-ortho nitro benzene ring substituents is 1. The van der Waals surface area contributed by atoms with Crippen molar-refractivity contribution < 1.29 is 24.1 Å². The van der Waals surface area contributed by atoms with Gasteiger partial charge in [-0.1, -0.05) is 12.1 Å². The molecule has 4 rings (SSSR count). The van der Waals surface area contributed by atoms with E-state index in [1.54, 1.807) is 29.2 Å². The molecule has 152 valence electrons. The van der Waals surface area contributed by atoms with Gasteiger partial charge >= 0.3 is 0 Å². The summed E-state index contributed by atoms with van der Waals surface area (Å²) in [7, 11) is 0. The molecule has 0 spiro atoms. The van der Waals surface area contributed by atoms with E-state index in [1.807, 2.05) is 0 Å². The zero-order valence-electron chi connectivity index (χ0n) is 15.7. The van der Waals surface area contributed by atoms with Crippen LogP contribution in [0.15, 0.2) is 42.5 Å². The van der Waals surface area contributed by atoms with Crippen LogP contribution in [-0.2, 0) is 9.59 Å². The van der Waals surface area contributed by atoms with Gasteiger partial charge in [-0.25, -0.2) is 0 Å². The molecule has 0 aliphatic carbocycles. The molecule has 2 aliphatic rings. The van der Waals surface area contributed by atoms with Gasteiger partial charge in [-0.15, -0.1) is 0 Å². The van der Waals surface area contributed by atoms with Crippen LogP contribution in [0.4, 0.5) is 17.1 Å². The zero-order valence-corrected chi connectivity index (χ0v) is 15.7. The highest BCUT2D eigenvalue weighted by Gasteiger charge is 2.38. The quantitative estimate of drug-likeness (QED) is 0.457. The summed E-state index contributed by atoms with van der Waals surface area (Å²) in [5, 5.41) is 13.6. The van der Waals surface area contributed by atoms with Gasteiger partial charge in [0.2, 0.25) is 11.8 Å². The summed E-state index contributed by atoms with van der Waals surface area (Å²) < 4.78 is 0. The summed E-state index contributed by atoms with van der Waals surface area (Å²) in [6.07, 6.45) is 1.16. The van der Waals surface area contributed by atoms with E-state index in [1.165, 1.54) is 6.07 Å². The van der Waals surface area contributed by atoms with Crippen LogP contribution in [0.3, 0.4) is 0 Å². The van der Waals surface area contributed by atoms with E-state index in [9.17, 15) is 29.3 Å². The lowest BCUT2D eigenvalue weighted by molar-refractivity contribution is -0.384. The van der Waals surface area contributed by atoms with E-state index in [0.717, 1.165) is 23.5 Å². The molecule has 10 heteroatoms. The smallest absolute Gasteiger partial charge is 0.270 e. The highest BCUT2D eigenvalue weighted by atomic mass is 16.6. The molecule has 0 saturated carbocycles. The van der Waals surface area contributed by atoms with Crippen molar-refractivity contribution in [3.05, 3.63) is 63.7 Å². The largest absolute Gasteiger partial charge is 0.323 e. The maximum absolute atomic E-state index is 12.6. The molecule has 0 bridgehead atoms. The normalized spacial score (nSPS) is 15.5. The van der Waals surface area contributed by atoms with Gasteiger partial charge in [0.1, 0.15) is 6.54 Å². The second-order valence-electron chi connectivity index (χ2n) is 6.90. The van der Waals surface area contributed by atoms with Gasteiger partial charge in [-0.3, -0.25) is 34.2 Å². The lowest BCUT2D eigenvalue weighted by Gasteiger charge is -2.20. The van der Waals surface area contributed by atoms with Crippen LogP contribution in [-0.4, -0.2) is 46.5 Å². The fourth-order valence-corrected chi connectivity index (χ4v) is 3.59. The SMILES string of the molecule is O=C(CN1C(=O)c2ccc([N+](=O)[O-])cc2C1=O)Nc1ccccc1N1CCCC1=O. The molecule has 0 atom stereocenters. The topological polar surface area (TPSA) is 130 Å². The first kappa shape index (κ1) is 19.2. The van der Waals surface area contributed by atoms with Crippen molar-refractivity contribution in [1.29, 1.82) is 0 Å². The van der Waals surface area contributed by atoms with Gasteiger partial charge in [0.25, 0.3) is 17.5 Å². The molecule has 1 fully saturated rings. The Kier molecular flexibility index (Phi) is 4.74. The van der Waals surface area contributed by atoms with Gasteiger partial charge in [-0.05, 0) is 24.6 Å². The molecule has 2 heterocycles. The van der Waals surface area contributed by atoms with Crippen molar-refractivity contribution >= 4 is 40.7 Å². The van der Waals surface area contributed by atoms with Crippen LogP contribution in [0.5, 0.6) is 0 Å². The number of carbonyl (C=O) groups is 4. The summed E-state index contributed by atoms with van der Waals surface area (Å²) >= 11 is 0. The Morgan fingerprint density at radius 3 is 2.50 bits per heavy atom. The number of rotatable bonds is 5. The minimum atomic E-state index is -0.767. The summed E-state index contributed by atoms with van der Waals surface area (Å²) in [6, 6.07) is 10.2. The lowest BCUT2D eigenvalue weighted by atomic mass is 10.1. The molecule has 2 aliphatic heterocycles. The maximum Gasteiger partial charge on any atom is 0.270 e. The van der Waals surface area contributed by atoms with Crippen LogP contribution >= 0.6 is 0 Å². The highest BCUT2D eigenvalue weighted by Crippen LogP contribution is 2.30. The van der Waals surface area contributed by atoms with Crippen molar-refractivity contribution in [3.63, 3.8) is 0 Å². The van der Waals surface area contributed by atoms with E-state index < -0.39 is 29.2 Å². The Labute approximate surface area is 170 Å². The van der Waals surface area contributed by atoms with Gasteiger partial charge in [0, 0.05) is 25.1 Å². The first-order valence-electron chi connectivity index (χ1n) is 9.20. The molecule has 0 unspecified atom stereocenters. The number of para-hydroxylation sites is 2. The van der Waals surface area contributed by atoms with Crippen molar-refractivity contribution in [3.8, 4) is 0 Å². The third-order valence-electron chi connectivity index (χ3n) is 5.01. The van der Waals surface area contributed by atoms with Crippen molar-refractivity contribution in [2.75, 3.05) is 23.3 Å². The Morgan fingerprint density at radius 2 is 1.80 bits per heavy atom. The minimum absolute atomic E-state index is 0.0152. The third kappa shape index (κ3) is 3.28. The summed E-state index contributed by atoms with van der Waals surface area (Å²) in [5.74, 6) is -2.13. The number of nitro benzene ring substituents is 1. The van der Waals surface area contributed by atoms with E-state index in [2.05, 4.69) is 5.32 Å². The Morgan fingerprint density at radius 1 is 1.07 bits per heavy atom. The zero-order chi connectivity index (χ0) is 21.4.